The Bertz CT molecular complexity index is 464. The molecule has 3 N–H and O–H groups in total. The van der Waals surface area contributed by atoms with Crippen LogP contribution in [-0.2, 0) is 4.74 Å². The van der Waals surface area contributed by atoms with Crippen molar-refractivity contribution < 1.29 is 9.53 Å². The van der Waals surface area contributed by atoms with Crippen LogP contribution < -0.4 is 11.1 Å². The van der Waals surface area contributed by atoms with Crippen molar-refractivity contribution in [3.63, 3.8) is 0 Å². The van der Waals surface area contributed by atoms with Crippen LogP contribution in [-0.4, -0.2) is 43.8 Å². The van der Waals surface area contributed by atoms with Gasteiger partial charge in [-0.1, -0.05) is 24.3 Å². The Kier molecular flexibility index (Phi) is 4.98. The predicted octanol–water partition coefficient (Wildman–Crippen LogP) is 1.43. The number of amides is 1. The second kappa shape index (κ2) is 6.72. The molecule has 2 rings (SSSR count). The van der Waals surface area contributed by atoms with Crippen LogP contribution >= 0.6 is 0 Å². The Morgan fingerprint density at radius 2 is 2.30 bits per heavy atom. The number of likely N-dealkylation sites (tertiary alicyclic amines) is 1. The standard InChI is InChI=1S/C15H23N3O2/c1-11-5-3-4-6-13(11)14(9-16)18-8-7-12(10-18)17-15(19)20-2/h3-6,12,14H,7-10,16H2,1-2H3,(H,17,19). The first-order valence-electron chi connectivity index (χ1n) is 6.99. The van der Waals surface area contributed by atoms with Gasteiger partial charge >= 0.3 is 6.09 Å². The monoisotopic (exact) mass is 277 g/mol. The van der Waals surface area contributed by atoms with Crippen LogP contribution in [0.1, 0.15) is 23.6 Å². The topological polar surface area (TPSA) is 67.6 Å². The van der Waals surface area contributed by atoms with E-state index in [4.69, 9.17) is 5.73 Å². The van der Waals surface area contributed by atoms with Gasteiger partial charge in [-0.15, -0.1) is 0 Å². The highest BCUT2D eigenvalue weighted by Crippen LogP contribution is 2.26. The maximum Gasteiger partial charge on any atom is 0.407 e. The fraction of sp³-hybridized carbons (Fsp3) is 0.533. The molecule has 0 radical (unpaired) electrons. The van der Waals surface area contributed by atoms with E-state index < -0.39 is 0 Å². The van der Waals surface area contributed by atoms with Crippen LogP contribution in [0.3, 0.4) is 0 Å². The third kappa shape index (κ3) is 3.29. The second-order valence-electron chi connectivity index (χ2n) is 5.22. The molecule has 1 heterocycles. The smallest absolute Gasteiger partial charge is 0.407 e. The molecule has 1 aliphatic rings. The summed E-state index contributed by atoms with van der Waals surface area (Å²) in [7, 11) is 1.39. The maximum absolute atomic E-state index is 11.3. The Hall–Kier alpha value is -1.59. The van der Waals surface area contributed by atoms with Crippen molar-refractivity contribution in [2.75, 3.05) is 26.7 Å². The molecule has 20 heavy (non-hydrogen) atoms. The normalized spacial score (nSPS) is 20.6. The highest BCUT2D eigenvalue weighted by Gasteiger charge is 2.29. The molecule has 5 nitrogen and oxygen atoms in total. The first-order chi connectivity index (χ1) is 9.65. The lowest BCUT2D eigenvalue weighted by Gasteiger charge is -2.28. The van der Waals surface area contributed by atoms with Crippen molar-refractivity contribution in [2.45, 2.75) is 25.4 Å². The van der Waals surface area contributed by atoms with E-state index in [1.54, 1.807) is 0 Å². The summed E-state index contributed by atoms with van der Waals surface area (Å²) in [6, 6.07) is 8.68. The molecule has 0 aliphatic carbocycles. The zero-order chi connectivity index (χ0) is 14.5. The molecule has 1 aliphatic heterocycles. The van der Waals surface area contributed by atoms with E-state index in [-0.39, 0.29) is 18.2 Å². The number of methoxy groups -OCH3 is 1. The van der Waals surface area contributed by atoms with E-state index in [9.17, 15) is 4.79 Å². The molecule has 0 saturated carbocycles. The van der Waals surface area contributed by atoms with Crippen LogP contribution in [0.4, 0.5) is 4.79 Å². The number of nitrogens with zero attached hydrogens (tertiary/aromatic N) is 1. The van der Waals surface area contributed by atoms with Gasteiger partial charge in [0.15, 0.2) is 0 Å². The fourth-order valence-electron chi connectivity index (χ4n) is 2.85. The van der Waals surface area contributed by atoms with E-state index >= 15 is 0 Å². The fourth-order valence-corrected chi connectivity index (χ4v) is 2.85. The van der Waals surface area contributed by atoms with E-state index in [0.717, 1.165) is 19.5 Å². The van der Waals surface area contributed by atoms with Crippen molar-refractivity contribution >= 4 is 6.09 Å². The van der Waals surface area contributed by atoms with Crippen molar-refractivity contribution in [3.05, 3.63) is 35.4 Å². The van der Waals surface area contributed by atoms with E-state index in [1.807, 2.05) is 12.1 Å². The van der Waals surface area contributed by atoms with Gasteiger partial charge in [0.25, 0.3) is 0 Å². The summed E-state index contributed by atoms with van der Waals surface area (Å²) in [5.74, 6) is 0. The summed E-state index contributed by atoms with van der Waals surface area (Å²) >= 11 is 0. The maximum atomic E-state index is 11.3. The zero-order valence-electron chi connectivity index (χ0n) is 12.1. The molecule has 1 aromatic rings. The first-order valence-corrected chi connectivity index (χ1v) is 6.99. The first kappa shape index (κ1) is 14.8. The van der Waals surface area contributed by atoms with Crippen LogP contribution in [0.25, 0.3) is 0 Å². The highest BCUT2D eigenvalue weighted by molar-refractivity contribution is 5.67. The lowest BCUT2D eigenvalue weighted by Crippen LogP contribution is -2.39. The summed E-state index contributed by atoms with van der Waals surface area (Å²) in [5.41, 5.74) is 8.50. The Balaban J connectivity index is 2.03. The van der Waals surface area contributed by atoms with E-state index in [2.05, 4.69) is 34.0 Å². The number of carbonyl (C=O) groups excluding carboxylic acids is 1. The number of nitrogens with one attached hydrogen (secondary N) is 1. The van der Waals surface area contributed by atoms with Gasteiger partial charge in [-0.3, -0.25) is 4.90 Å². The van der Waals surface area contributed by atoms with Crippen LogP contribution in [0.2, 0.25) is 0 Å². The molecule has 5 heteroatoms. The van der Waals surface area contributed by atoms with Gasteiger partial charge in [0, 0.05) is 31.7 Å². The molecule has 0 aromatic heterocycles. The molecular weight excluding hydrogens is 254 g/mol. The molecule has 1 aromatic carbocycles. The van der Waals surface area contributed by atoms with Gasteiger partial charge in [-0.25, -0.2) is 4.79 Å². The molecule has 1 saturated heterocycles. The molecule has 2 unspecified atom stereocenters. The van der Waals surface area contributed by atoms with Crippen LogP contribution in [0.15, 0.2) is 24.3 Å². The van der Waals surface area contributed by atoms with Crippen LogP contribution in [0, 0.1) is 6.92 Å². The summed E-state index contributed by atoms with van der Waals surface area (Å²) < 4.78 is 4.64. The van der Waals surface area contributed by atoms with E-state index in [0.29, 0.717) is 6.54 Å². The second-order valence-corrected chi connectivity index (χ2v) is 5.22. The van der Waals surface area contributed by atoms with Gasteiger partial charge in [-0.2, -0.15) is 0 Å². The SMILES string of the molecule is COC(=O)NC1CCN(C(CN)c2ccccc2C)C1. The van der Waals surface area contributed by atoms with Gasteiger partial charge in [0.05, 0.1) is 7.11 Å². The van der Waals surface area contributed by atoms with Crippen molar-refractivity contribution in [1.29, 1.82) is 0 Å². The molecule has 110 valence electrons. The van der Waals surface area contributed by atoms with Gasteiger partial charge < -0.3 is 15.8 Å². The zero-order valence-corrected chi connectivity index (χ0v) is 12.1. The van der Waals surface area contributed by atoms with Crippen molar-refractivity contribution in [3.8, 4) is 0 Å². The van der Waals surface area contributed by atoms with Crippen molar-refractivity contribution in [2.24, 2.45) is 5.73 Å². The minimum absolute atomic E-state index is 0.139. The largest absolute Gasteiger partial charge is 0.453 e. The molecule has 1 fully saturated rings. The Morgan fingerprint density at radius 3 is 2.95 bits per heavy atom. The molecule has 0 bridgehead atoms. The number of hydrogen-bond donors (Lipinski definition) is 2. The average molecular weight is 277 g/mol. The Morgan fingerprint density at radius 1 is 1.55 bits per heavy atom. The molecule has 0 spiro atoms. The van der Waals surface area contributed by atoms with E-state index in [1.165, 1.54) is 18.2 Å². The minimum Gasteiger partial charge on any atom is -0.453 e. The number of alkyl carbamates (subject to hydrolysis) is 1. The third-order valence-electron chi connectivity index (χ3n) is 3.94. The number of hydrogen-bond acceptors (Lipinski definition) is 4. The van der Waals surface area contributed by atoms with Gasteiger partial charge in [-0.05, 0) is 24.5 Å². The lowest BCUT2D eigenvalue weighted by atomic mass is 10.0. The predicted molar refractivity (Wildman–Crippen MR) is 78.5 cm³/mol. The molecule has 1 amide bonds. The molecule has 2 atom stereocenters. The molecular formula is C15H23N3O2. The summed E-state index contributed by atoms with van der Waals surface area (Å²) in [5, 5.41) is 2.86. The number of rotatable bonds is 4. The van der Waals surface area contributed by atoms with Crippen molar-refractivity contribution in [1.82, 2.24) is 10.2 Å². The summed E-state index contributed by atoms with van der Waals surface area (Å²) in [6.07, 6.45) is 0.564. The van der Waals surface area contributed by atoms with Gasteiger partial charge in [0.1, 0.15) is 0 Å². The quantitative estimate of drug-likeness (QED) is 0.873. The third-order valence-corrected chi connectivity index (χ3v) is 3.94. The number of nitrogens with two attached hydrogens (primary N) is 1. The minimum atomic E-state index is -0.364. The van der Waals surface area contributed by atoms with Crippen LogP contribution in [0.5, 0.6) is 0 Å². The number of carbonyl (C=O) groups is 1. The number of ether oxygens (including phenoxy) is 1. The number of aryl methyl sites for hydroxylation is 1. The average Bonchev–Trinajstić information content (AvgIpc) is 2.90. The summed E-state index contributed by atoms with van der Waals surface area (Å²) in [4.78, 5) is 13.6. The Labute approximate surface area is 120 Å². The van der Waals surface area contributed by atoms with Gasteiger partial charge in [0.2, 0.25) is 0 Å². The highest BCUT2D eigenvalue weighted by atomic mass is 16.5. The summed E-state index contributed by atoms with van der Waals surface area (Å²) in [6.45, 7) is 4.43. The lowest BCUT2D eigenvalue weighted by molar-refractivity contribution is 0.165. The number of benzene rings is 1.